The Morgan fingerprint density at radius 2 is 2.00 bits per heavy atom. The molecule has 0 saturated heterocycles. The lowest BCUT2D eigenvalue weighted by Gasteiger charge is -2.12. The highest BCUT2D eigenvalue weighted by Crippen LogP contribution is 2.27. The number of nitriles is 1. The highest BCUT2D eigenvalue weighted by atomic mass is 19.1. The monoisotopic (exact) mass is 458 g/mol. The van der Waals surface area contributed by atoms with Crippen molar-refractivity contribution < 1.29 is 14.3 Å². The first-order valence-electron chi connectivity index (χ1n) is 10.8. The molecule has 0 amide bonds. The van der Waals surface area contributed by atoms with E-state index < -0.39 is 5.97 Å². The minimum atomic E-state index is -1.00. The molecule has 0 spiro atoms. The van der Waals surface area contributed by atoms with E-state index in [1.165, 1.54) is 18.5 Å². The van der Waals surface area contributed by atoms with Gasteiger partial charge in [-0.25, -0.2) is 19.2 Å². The molecule has 4 rings (SSSR count). The number of aromatic nitrogens is 3. The normalized spacial score (nSPS) is 10.8. The number of carbonyl (C=O) groups is 1. The van der Waals surface area contributed by atoms with E-state index in [1.807, 2.05) is 24.5 Å². The predicted molar refractivity (Wildman–Crippen MR) is 128 cm³/mol. The van der Waals surface area contributed by atoms with Gasteiger partial charge in [-0.3, -0.25) is 0 Å². The molecule has 2 aromatic carbocycles. The average Bonchev–Trinajstić information content (AvgIpc) is 3.16. The number of hydrogen-bond acceptors (Lipinski definition) is 6. The Morgan fingerprint density at radius 1 is 1.18 bits per heavy atom. The molecule has 0 aliphatic heterocycles. The molecule has 0 fully saturated rings. The van der Waals surface area contributed by atoms with Gasteiger partial charge in [0.05, 0.1) is 28.4 Å². The summed E-state index contributed by atoms with van der Waals surface area (Å²) in [6, 6.07) is 13.5. The number of nitrogens with one attached hydrogen (secondary N) is 2. The van der Waals surface area contributed by atoms with Gasteiger partial charge in [0.25, 0.3) is 0 Å². The van der Waals surface area contributed by atoms with E-state index in [1.54, 1.807) is 24.3 Å². The largest absolute Gasteiger partial charge is 0.478 e. The molecule has 0 aliphatic rings. The minimum absolute atomic E-state index is 0.194. The SMILES string of the molecule is CCNc1cc(-c2cc(NCCn3c(C)cc4c(C#N)ccc(F)c43)ncn2)ccc1C(=O)O. The number of benzene rings is 2. The van der Waals surface area contributed by atoms with Gasteiger partial charge in [0.15, 0.2) is 0 Å². The zero-order chi connectivity index (χ0) is 24.2. The number of hydrogen-bond donors (Lipinski definition) is 3. The van der Waals surface area contributed by atoms with Crippen LogP contribution in [0.3, 0.4) is 0 Å². The van der Waals surface area contributed by atoms with Crippen LogP contribution in [0.2, 0.25) is 0 Å². The van der Waals surface area contributed by atoms with E-state index >= 15 is 0 Å². The van der Waals surface area contributed by atoms with Crippen molar-refractivity contribution in [2.24, 2.45) is 0 Å². The van der Waals surface area contributed by atoms with E-state index in [-0.39, 0.29) is 11.4 Å². The van der Waals surface area contributed by atoms with Crippen LogP contribution >= 0.6 is 0 Å². The molecule has 0 bridgehead atoms. The highest BCUT2D eigenvalue weighted by molar-refractivity contribution is 5.95. The second kappa shape index (κ2) is 9.58. The fourth-order valence-corrected chi connectivity index (χ4v) is 3.99. The van der Waals surface area contributed by atoms with Crippen LogP contribution in [0.15, 0.2) is 48.8 Å². The molecule has 0 aliphatic carbocycles. The Labute approximate surface area is 195 Å². The van der Waals surface area contributed by atoms with Gasteiger partial charge in [-0.2, -0.15) is 5.26 Å². The summed E-state index contributed by atoms with van der Waals surface area (Å²) < 4.78 is 16.4. The van der Waals surface area contributed by atoms with E-state index in [0.29, 0.717) is 53.3 Å². The van der Waals surface area contributed by atoms with Gasteiger partial charge >= 0.3 is 5.97 Å². The summed E-state index contributed by atoms with van der Waals surface area (Å²) in [6.45, 7) is 5.31. The summed E-state index contributed by atoms with van der Waals surface area (Å²) >= 11 is 0. The second-order valence-electron chi connectivity index (χ2n) is 7.72. The Balaban J connectivity index is 1.54. The topological polar surface area (TPSA) is 116 Å². The van der Waals surface area contributed by atoms with Crippen molar-refractivity contribution in [1.82, 2.24) is 14.5 Å². The third kappa shape index (κ3) is 4.38. The summed E-state index contributed by atoms with van der Waals surface area (Å²) in [5.74, 6) is -0.781. The third-order valence-corrected chi connectivity index (χ3v) is 5.56. The fraction of sp³-hybridized carbons (Fsp3) is 0.200. The number of carboxylic acid groups (broad SMARTS) is 1. The quantitative estimate of drug-likeness (QED) is 0.352. The maximum atomic E-state index is 14.5. The van der Waals surface area contributed by atoms with Crippen LogP contribution in [0.25, 0.3) is 22.2 Å². The van der Waals surface area contributed by atoms with Gasteiger partial charge in [0, 0.05) is 48.0 Å². The first kappa shape index (κ1) is 22.7. The summed E-state index contributed by atoms with van der Waals surface area (Å²) in [5.41, 5.74) is 3.82. The summed E-state index contributed by atoms with van der Waals surface area (Å²) in [4.78, 5) is 20.0. The predicted octanol–water partition coefficient (Wildman–Crippen LogP) is 4.66. The molecular formula is C25H23FN6O2. The molecule has 4 aromatic rings. The molecule has 2 aromatic heterocycles. The number of fused-ring (bicyclic) bond motifs is 1. The zero-order valence-electron chi connectivity index (χ0n) is 18.8. The number of anilines is 2. The molecule has 8 nitrogen and oxygen atoms in total. The standard InChI is InChI=1S/C25H23FN6O2/c1-3-28-22-11-16(4-6-18(22)25(33)34)21-12-23(31-14-30-21)29-8-9-32-15(2)10-19-17(13-27)5-7-20(26)24(19)32/h4-7,10-12,14,28H,3,8-9H2,1-2H3,(H,33,34)(H,29,30,31). The zero-order valence-corrected chi connectivity index (χ0v) is 18.8. The number of nitrogens with zero attached hydrogens (tertiary/aromatic N) is 4. The third-order valence-electron chi connectivity index (χ3n) is 5.56. The van der Waals surface area contributed by atoms with Crippen molar-refractivity contribution >= 4 is 28.4 Å². The lowest BCUT2D eigenvalue weighted by atomic mass is 10.1. The average molecular weight is 458 g/mol. The Morgan fingerprint density at radius 3 is 2.74 bits per heavy atom. The van der Waals surface area contributed by atoms with Crippen molar-refractivity contribution in [3.8, 4) is 17.3 Å². The lowest BCUT2D eigenvalue weighted by molar-refractivity contribution is 0.0698. The lowest BCUT2D eigenvalue weighted by Crippen LogP contribution is -2.13. The van der Waals surface area contributed by atoms with Crippen molar-refractivity contribution in [3.63, 3.8) is 0 Å². The van der Waals surface area contributed by atoms with Gasteiger partial charge in [-0.15, -0.1) is 0 Å². The number of rotatable bonds is 8. The van der Waals surface area contributed by atoms with Gasteiger partial charge in [0.2, 0.25) is 0 Å². The molecule has 3 N–H and O–H groups in total. The van der Waals surface area contributed by atoms with Crippen molar-refractivity contribution in [2.75, 3.05) is 23.7 Å². The number of halogens is 1. The van der Waals surface area contributed by atoms with Crippen LogP contribution in [-0.2, 0) is 6.54 Å². The van der Waals surface area contributed by atoms with Gasteiger partial charge in [-0.1, -0.05) is 6.07 Å². The molecule has 0 unspecified atom stereocenters. The molecule has 0 atom stereocenters. The Kier molecular flexibility index (Phi) is 6.41. The molecule has 34 heavy (non-hydrogen) atoms. The number of aromatic carboxylic acids is 1. The van der Waals surface area contributed by atoms with Gasteiger partial charge < -0.3 is 20.3 Å². The highest BCUT2D eigenvalue weighted by Gasteiger charge is 2.14. The van der Waals surface area contributed by atoms with E-state index in [2.05, 4.69) is 26.7 Å². The molecular weight excluding hydrogens is 435 g/mol. The minimum Gasteiger partial charge on any atom is -0.478 e. The second-order valence-corrected chi connectivity index (χ2v) is 7.72. The van der Waals surface area contributed by atoms with Crippen molar-refractivity contribution in [2.45, 2.75) is 20.4 Å². The van der Waals surface area contributed by atoms with Crippen LogP contribution in [0.4, 0.5) is 15.9 Å². The molecule has 9 heteroatoms. The Bertz CT molecular complexity index is 1420. The van der Waals surface area contributed by atoms with E-state index in [9.17, 15) is 19.6 Å². The maximum Gasteiger partial charge on any atom is 0.337 e. The van der Waals surface area contributed by atoms with E-state index in [0.717, 1.165) is 11.3 Å². The van der Waals surface area contributed by atoms with Crippen LogP contribution in [0.1, 0.15) is 28.5 Å². The van der Waals surface area contributed by atoms with Crippen molar-refractivity contribution in [3.05, 3.63) is 71.4 Å². The molecule has 172 valence electrons. The van der Waals surface area contributed by atoms with Crippen molar-refractivity contribution in [1.29, 1.82) is 5.26 Å². The Hall–Kier alpha value is -4.45. The summed E-state index contributed by atoms with van der Waals surface area (Å²) in [5, 5.41) is 25.6. The first-order chi connectivity index (χ1) is 16.4. The molecule has 2 heterocycles. The number of aryl methyl sites for hydroxylation is 1. The molecule has 0 saturated carbocycles. The number of carboxylic acids is 1. The van der Waals surface area contributed by atoms with Gasteiger partial charge in [-0.05, 0) is 44.2 Å². The van der Waals surface area contributed by atoms with Crippen LogP contribution < -0.4 is 10.6 Å². The molecule has 0 radical (unpaired) electrons. The summed E-state index contributed by atoms with van der Waals surface area (Å²) in [6.07, 6.45) is 1.44. The van der Waals surface area contributed by atoms with Gasteiger partial charge in [0.1, 0.15) is 18.0 Å². The van der Waals surface area contributed by atoms with Crippen LogP contribution in [0.5, 0.6) is 0 Å². The van der Waals surface area contributed by atoms with Crippen LogP contribution in [-0.4, -0.2) is 38.7 Å². The maximum absolute atomic E-state index is 14.5. The van der Waals surface area contributed by atoms with E-state index in [4.69, 9.17) is 0 Å². The fourth-order valence-electron chi connectivity index (χ4n) is 3.99. The summed E-state index contributed by atoms with van der Waals surface area (Å²) in [7, 11) is 0. The first-order valence-corrected chi connectivity index (χ1v) is 10.8. The van der Waals surface area contributed by atoms with Crippen LogP contribution in [0, 0.1) is 24.1 Å². The smallest absolute Gasteiger partial charge is 0.337 e.